The number of anilines is 2. The smallest absolute Gasteiger partial charge is 0.226 e. The lowest BCUT2D eigenvalue weighted by atomic mass is 10.3. The van der Waals surface area contributed by atoms with Crippen molar-refractivity contribution < 1.29 is 9.18 Å². The van der Waals surface area contributed by atoms with Gasteiger partial charge in [-0.15, -0.1) is 0 Å². The molecule has 98 valence electrons. The lowest BCUT2D eigenvalue weighted by molar-refractivity contribution is -0.115. The van der Waals surface area contributed by atoms with Crippen molar-refractivity contribution in [1.29, 1.82) is 0 Å². The highest BCUT2D eigenvalue weighted by Crippen LogP contribution is 2.08. The van der Waals surface area contributed by atoms with E-state index < -0.39 is 0 Å². The van der Waals surface area contributed by atoms with Crippen LogP contribution in [-0.2, 0) is 4.79 Å². The van der Waals surface area contributed by atoms with Gasteiger partial charge in [-0.2, -0.15) is 0 Å². The van der Waals surface area contributed by atoms with E-state index in [9.17, 15) is 9.18 Å². The Labute approximate surface area is 111 Å². The summed E-state index contributed by atoms with van der Waals surface area (Å²) in [7, 11) is 0. The van der Waals surface area contributed by atoms with E-state index in [1.165, 1.54) is 12.1 Å². The largest absolute Gasteiger partial charge is 0.385 e. The van der Waals surface area contributed by atoms with Crippen LogP contribution in [0.5, 0.6) is 0 Å². The SMILES string of the molecule is O=C(CCNc1ccc(F)cc1)Nc1ccccc1. The van der Waals surface area contributed by atoms with E-state index in [2.05, 4.69) is 10.6 Å². The topological polar surface area (TPSA) is 41.1 Å². The van der Waals surface area contributed by atoms with Crippen LogP contribution in [0.15, 0.2) is 54.6 Å². The summed E-state index contributed by atoms with van der Waals surface area (Å²) < 4.78 is 12.7. The van der Waals surface area contributed by atoms with E-state index in [-0.39, 0.29) is 11.7 Å². The van der Waals surface area contributed by atoms with Crippen LogP contribution in [0.2, 0.25) is 0 Å². The number of carbonyl (C=O) groups is 1. The number of halogens is 1. The van der Waals surface area contributed by atoms with E-state index in [0.29, 0.717) is 13.0 Å². The second-order valence-electron chi connectivity index (χ2n) is 4.10. The Bertz CT molecular complexity index is 526. The van der Waals surface area contributed by atoms with Gasteiger partial charge in [-0.1, -0.05) is 18.2 Å². The fourth-order valence-electron chi connectivity index (χ4n) is 1.63. The van der Waals surface area contributed by atoms with Crippen LogP contribution in [-0.4, -0.2) is 12.5 Å². The Morgan fingerprint density at radius 2 is 1.63 bits per heavy atom. The van der Waals surface area contributed by atoms with E-state index in [0.717, 1.165) is 11.4 Å². The van der Waals surface area contributed by atoms with Crippen LogP contribution < -0.4 is 10.6 Å². The van der Waals surface area contributed by atoms with Gasteiger partial charge in [0.2, 0.25) is 5.91 Å². The molecule has 0 bridgehead atoms. The third-order valence-corrected chi connectivity index (χ3v) is 2.58. The van der Waals surface area contributed by atoms with E-state index in [4.69, 9.17) is 0 Å². The van der Waals surface area contributed by atoms with Gasteiger partial charge < -0.3 is 10.6 Å². The third kappa shape index (κ3) is 4.43. The molecule has 3 nitrogen and oxygen atoms in total. The van der Waals surface area contributed by atoms with Gasteiger partial charge in [0.05, 0.1) is 0 Å². The van der Waals surface area contributed by atoms with Gasteiger partial charge in [0, 0.05) is 24.3 Å². The van der Waals surface area contributed by atoms with Crippen LogP contribution in [0.3, 0.4) is 0 Å². The van der Waals surface area contributed by atoms with Crippen molar-refractivity contribution in [2.24, 2.45) is 0 Å². The Morgan fingerprint density at radius 3 is 2.32 bits per heavy atom. The third-order valence-electron chi connectivity index (χ3n) is 2.58. The van der Waals surface area contributed by atoms with Crippen molar-refractivity contribution >= 4 is 17.3 Å². The first kappa shape index (κ1) is 13.1. The molecule has 19 heavy (non-hydrogen) atoms. The highest BCUT2D eigenvalue weighted by atomic mass is 19.1. The van der Waals surface area contributed by atoms with Crippen molar-refractivity contribution in [3.05, 3.63) is 60.4 Å². The van der Waals surface area contributed by atoms with Crippen molar-refractivity contribution in [1.82, 2.24) is 0 Å². The zero-order chi connectivity index (χ0) is 13.5. The van der Waals surface area contributed by atoms with Gasteiger partial charge >= 0.3 is 0 Å². The fourth-order valence-corrected chi connectivity index (χ4v) is 1.63. The Balaban J connectivity index is 1.74. The van der Waals surface area contributed by atoms with Gasteiger partial charge in [0.25, 0.3) is 0 Å². The molecule has 2 aromatic rings. The summed E-state index contributed by atoms with van der Waals surface area (Å²) >= 11 is 0. The quantitative estimate of drug-likeness (QED) is 0.864. The van der Waals surface area contributed by atoms with Crippen LogP contribution in [0, 0.1) is 5.82 Å². The monoisotopic (exact) mass is 258 g/mol. The second kappa shape index (κ2) is 6.54. The van der Waals surface area contributed by atoms with Gasteiger partial charge in [-0.3, -0.25) is 4.79 Å². The van der Waals surface area contributed by atoms with Gasteiger partial charge in [-0.25, -0.2) is 4.39 Å². The first-order valence-corrected chi connectivity index (χ1v) is 6.08. The Kier molecular flexibility index (Phi) is 4.50. The van der Waals surface area contributed by atoms with Crippen molar-refractivity contribution in [3.8, 4) is 0 Å². The van der Waals surface area contributed by atoms with Crippen molar-refractivity contribution in [2.75, 3.05) is 17.2 Å². The Hall–Kier alpha value is -2.36. The minimum atomic E-state index is -0.271. The molecular formula is C15H15FN2O. The number of nitrogens with one attached hydrogen (secondary N) is 2. The number of para-hydroxylation sites is 1. The summed E-state index contributed by atoms with van der Waals surface area (Å²) in [6, 6.07) is 15.4. The molecule has 0 saturated heterocycles. The summed E-state index contributed by atoms with van der Waals surface area (Å²) in [6.07, 6.45) is 0.353. The zero-order valence-electron chi connectivity index (χ0n) is 10.4. The first-order chi connectivity index (χ1) is 9.24. The van der Waals surface area contributed by atoms with Crippen molar-refractivity contribution in [3.63, 3.8) is 0 Å². The predicted octanol–water partition coefficient (Wildman–Crippen LogP) is 3.27. The number of amides is 1. The molecule has 0 heterocycles. The summed E-state index contributed by atoms with van der Waals surface area (Å²) in [6.45, 7) is 0.504. The molecule has 0 aliphatic heterocycles. The molecule has 4 heteroatoms. The van der Waals surface area contributed by atoms with Crippen LogP contribution in [0.4, 0.5) is 15.8 Å². The minimum Gasteiger partial charge on any atom is -0.385 e. The summed E-state index contributed by atoms with van der Waals surface area (Å²) in [4.78, 5) is 11.6. The fraction of sp³-hybridized carbons (Fsp3) is 0.133. The zero-order valence-corrected chi connectivity index (χ0v) is 10.4. The number of hydrogen-bond acceptors (Lipinski definition) is 2. The highest BCUT2D eigenvalue weighted by Gasteiger charge is 2.01. The molecule has 0 aliphatic rings. The normalized spacial score (nSPS) is 9.95. The second-order valence-corrected chi connectivity index (χ2v) is 4.10. The molecule has 0 radical (unpaired) electrons. The van der Waals surface area contributed by atoms with Crippen LogP contribution >= 0.6 is 0 Å². The molecule has 2 rings (SSSR count). The summed E-state index contributed by atoms with van der Waals surface area (Å²) in [5.74, 6) is -0.326. The molecular weight excluding hydrogens is 243 g/mol. The molecule has 2 N–H and O–H groups in total. The van der Waals surface area contributed by atoms with Gasteiger partial charge in [0.15, 0.2) is 0 Å². The summed E-state index contributed by atoms with van der Waals surface area (Å²) in [5, 5.41) is 5.86. The maximum atomic E-state index is 12.7. The van der Waals surface area contributed by atoms with Crippen LogP contribution in [0.1, 0.15) is 6.42 Å². The van der Waals surface area contributed by atoms with E-state index in [1.807, 2.05) is 30.3 Å². The highest BCUT2D eigenvalue weighted by molar-refractivity contribution is 5.90. The standard InChI is InChI=1S/C15H15FN2O/c16-12-6-8-13(9-7-12)17-11-10-15(19)18-14-4-2-1-3-5-14/h1-9,17H,10-11H2,(H,18,19). The molecule has 1 amide bonds. The number of carbonyl (C=O) groups excluding carboxylic acids is 1. The molecule has 0 saturated carbocycles. The maximum Gasteiger partial charge on any atom is 0.226 e. The molecule has 0 aromatic heterocycles. The van der Waals surface area contributed by atoms with Gasteiger partial charge in [-0.05, 0) is 36.4 Å². The predicted molar refractivity (Wildman–Crippen MR) is 74.6 cm³/mol. The molecule has 0 atom stereocenters. The molecule has 0 aliphatic carbocycles. The van der Waals surface area contributed by atoms with Gasteiger partial charge in [0.1, 0.15) is 5.82 Å². The lowest BCUT2D eigenvalue weighted by Gasteiger charge is -2.07. The number of benzene rings is 2. The average Bonchev–Trinajstić information content (AvgIpc) is 2.42. The molecule has 0 fully saturated rings. The number of rotatable bonds is 5. The molecule has 0 spiro atoms. The molecule has 0 unspecified atom stereocenters. The average molecular weight is 258 g/mol. The van der Waals surface area contributed by atoms with Crippen molar-refractivity contribution in [2.45, 2.75) is 6.42 Å². The van der Waals surface area contributed by atoms with E-state index in [1.54, 1.807) is 12.1 Å². The van der Waals surface area contributed by atoms with Crippen LogP contribution in [0.25, 0.3) is 0 Å². The minimum absolute atomic E-state index is 0.0548. The lowest BCUT2D eigenvalue weighted by Crippen LogP contribution is -2.16. The Morgan fingerprint density at radius 1 is 0.947 bits per heavy atom. The molecule has 2 aromatic carbocycles. The number of hydrogen-bond donors (Lipinski definition) is 2. The first-order valence-electron chi connectivity index (χ1n) is 6.08. The maximum absolute atomic E-state index is 12.7. The van der Waals surface area contributed by atoms with E-state index >= 15 is 0 Å². The summed E-state index contributed by atoms with van der Waals surface area (Å²) in [5.41, 5.74) is 1.59.